The SMILES string of the molecule is CCc1c(N)ncnc1NC(C)(C)C(C)(C)O. The first-order chi connectivity index (χ1) is 7.69. The summed E-state index contributed by atoms with van der Waals surface area (Å²) in [6.07, 6.45) is 2.17. The fraction of sp³-hybridized carbons (Fsp3) is 0.667. The topological polar surface area (TPSA) is 84.1 Å². The van der Waals surface area contributed by atoms with Gasteiger partial charge in [-0.25, -0.2) is 9.97 Å². The average molecular weight is 238 g/mol. The fourth-order valence-corrected chi connectivity index (χ4v) is 1.33. The third kappa shape index (κ3) is 2.85. The molecule has 96 valence electrons. The second kappa shape index (κ2) is 4.49. The molecule has 4 N–H and O–H groups in total. The Balaban J connectivity index is 3.08. The normalized spacial score (nSPS) is 12.6. The molecule has 1 rings (SSSR count). The lowest BCUT2D eigenvalue weighted by molar-refractivity contribution is 0.0238. The van der Waals surface area contributed by atoms with Gasteiger partial charge in [0.05, 0.1) is 11.1 Å². The van der Waals surface area contributed by atoms with Crippen LogP contribution in [0.2, 0.25) is 0 Å². The summed E-state index contributed by atoms with van der Waals surface area (Å²) in [5, 5.41) is 13.3. The maximum Gasteiger partial charge on any atom is 0.135 e. The lowest BCUT2D eigenvalue weighted by Gasteiger charge is -2.38. The molecule has 5 nitrogen and oxygen atoms in total. The first kappa shape index (κ1) is 13.7. The van der Waals surface area contributed by atoms with Crippen molar-refractivity contribution in [3.8, 4) is 0 Å². The molecule has 0 spiro atoms. The van der Waals surface area contributed by atoms with Crippen LogP contribution >= 0.6 is 0 Å². The van der Waals surface area contributed by atoms with Gasteiger partial charge in [-0.05, 0) is 34.1 Å². The smallest absolute Gasteiger partial charge is 0.135 e. The quantitative estimate of drug-likeness (QED) is 0.741. The van der Waals surface area contributed by atoms with Crippen LogP contribution in [0.3, 0.4) is 0 Å². The van der Waals surface area contributed by atoms with Gasteiger partial charge in [0, 0.05) is 5.56 Å². The Labute approximate surface area is 102 Å². The Morgan fingerprint density at radius 1 is 1.29 bits per heavy atom. The number of aromatic nitrogens is 2. The first-order valence-electron chi connectivity index (χ1n) is 5.79. The lowest BCUT2D eigenvalue weighted by Crippen LogP contribution is -2.51. The molecule has 0 radical (unpaired) electrons. The summed E-state index contributed by atoms with van der Waals surface area (Å²) in [4.78, 5) is 8.16. The molecule has 5 heteroatoms. The Kier molecular flexibility index (Phi) is 3.62. The van der Waals surface area contributed by atoms with Gasteiger partial charge in [0.1, 0.15) is 18.0 Å². The number of nitrogens with one attached hydrogen (secondary N) is 1. The number of anilines is 2. The third-order valence-corrected chi connectivity index (χ3v) is 3.29. The van der Waals surface area contributed by atoms with Gasteiger partial charge >= 0.3 is 0 Å². The van der Waals surface area contributed by atoms with E-state index in [1.807, 2.05) is 20.8 Å². The number of nitrogen functional groups attached to an aromatic ring is 1. The zero-order chi connectivity index (χ0) is 13.3. The number of aliphatic hydroxyl groups is 1. The van der Waals surface area contributed by atoms with Crippen molar-refractivity contribution in [2.75, 3.05) is 11.1 Å². The van der Waals surface area contributed by atoms with Gasteiger partial charge in [-0.2, -0.15) is 0 Å². The van der Waals surface area contributed by atoms with Crippen LogP contribution < -0.4 is 11.1 Å². The van der Waals surface area contributed by atoms with Crippen molar-refractivity contribution < 1.29 is 5.11 Å². The lowest BCUT2D eigenvalue weighted by atomic mass is 9.86. The van der Waals surface area contributed by atoms with E-state index in [1.54, 1.807) is 13.8 Å². The van der Waals surface area contributed by atoms with E-state index in [0.29, 0.717) is 11.6 Å². The highest BCUT2D eigenvalue weighted by Crippen LogP contribution is 2.27. The summed E-state index contributed by atoms with van der Waals surface area (Å²) in [6, 6.07) is 0. The summed E-state index contributed by atoms with van der Waals surface area (Å²) in [5.74, 6) is 1.17. The molecule has 0 saturated heterocycles. The van der Waals surface area contributed by atoms with E-state index in [0.717, 1.165) is 12.0 Å². The van der Waals surface area contributed by atoms with Gasteiger partial charge in [0.25, 0.3) is 0 Å². The first-order valence-corrected chi connectivity index (χ1v) is 5.79. The largest absolute Gasteiger partial charge is 0.388 e. The van der Waals surface area contributed by atoms with E-state index in [4.69, 9.17) is 5.73 Å². The molecule has 0 unspecified atom stereocenters. The van der Waals surface area contributed by atoms with Crippen LogP contribution in [0.4, 0.5) is 11.6 Å². The van der Waals surface area contributed by atoms with Gasteiger partial charge in [-0.15, -0.1) is 0 Å². The predicted octanol–water partition coefficient (Wildman–Crippen LogP) is 1.58. The molecule has 0 bridgehead atoms. The number of rotatable bonds is 4. The van der Waals surface area contributed by atoms with Gasteiger partial charge in [0.15, 0.2) is 0 Å². The van der Waals surface area contributed by atoms with Crippen molar-refractivity contribution >= 4 is 11.6 Å². The average Bonchev–Trinajstić information content (AvgIpc) is 2.15. The second-order valence-electron chi connectivity index (χ2n) is 5.25. The van der Waals surface area contributed by atoms with Crippen molar-refractivity contribution in [1.82, 2.24) is 9.97 Å². The number of nitrogens with zero attached hydrogens (tertiary/aromatic N) is 2. The molecule has 0 aliphatic carbocycles. The Bertz CT molecular complexity index is 396. The van der Waals surface area contributed by atoms with Gasteiger partial charge < -0.3 is 16.2 Å². The molecule has 0 aliphatic rings. The zero-order valence-corrected chi connectivity index (χ0v) is 11.2. The van der Waals surface area contributed by atoms with E-state index < -0.39 is 11.1 Å². The minimum Gasteiger partial charge on any atom is -0.388 e. The van der Waals surface area contributed by atoms with Crippen LogP contribution in [-0.4, -0.2) is 26.2 Å². The van der Waals surface area contributed by atoms with Crippen molar-refractivity contribution in [2.24, 2.45) is 0 Å². The van der Waals surface area contributed by atoms with Crippen LogP contribution in [-0.2, 0) is 6.42 Å². The fourth-order valence-electron chi connectivity index (χ4n) is 1.33. The summed E-state index contributed by atoms with van der Waals surface area (Å²) in [6.45, 7) is 9.36. The zero-order valence-electron chi connectivity index (χ0n) is 11.2. The Hall–Kier alpha value is -1.36. The van der Waals surface area contributed by atoms with Gasteiger partial charge in [-0.1, -0.05) is 6.92 Å². The van der Waals surface area contributed by atoms with E-state index >= 15 is 0 Å². The summed E-state index contributed by atoms with van der Waals surface area (Å²) >= 11 is 0. The molecule has 1 aromatic rings. The molecular weight excluding hydrogens is 216 g/mol. The number of hydrogen-bond acceptors (Lipinski definition) is 5. The number of hydrogen-bond donors (Lipinski definition) is 3. The molecule has 17 heavy (non-hydrogen) atoms. The summed E-state index contributed by atoms with van der Waals surface area (Å²) < 4.78 is 0. The van der Waals surface area contributed by atoms with Crippen molar-refractivity contribution in [1.29, 1.82) is 0 Å². The molecular formula is C12H22N4O. The maximum absolute atomic E-state index is 10.1. The van der Waals surface area contributed by atoms with E-state index in [9.17, 15) is 5.11 Å². The van der Waals surface area contributed by atoms with Crippen molar-refractivity contribution in [3.05, 3.63) is 11.9 Å². The highest BCUT2D eigenvalue weighted by Gasteiger charge is 2.35. The Morgan fingerprint density at radius 2 is 1.88 bits per heavy atom. The highest BCUT2D eigenvalue weighted by atomic mass is 16.3. The van der Waals surface area contributed by atoms with Crippen LogP contribution in [0, 0.1) is 0 Å². The van der Waals surface area contributed by atoms with Crippen LogP contribution in [0.15, 0.2) is 6.33 Å². The molecule has 0 atom stereocenters. The molecule has 0 aliphatic heterocycles. The molecule has 0 aromatic carbocycles. The second-order valence-corrected chi connectivity index (χ2v) is 5.25. The highest BCUT2D eigenvalue weighted by molar-refractivity contribution is 5.56. The molecule has 1 aromatic heterocycles. The van der Waals surface area contributed by atoms with Gasteiger partial charge in [0.2, 0.25) is 0 Å². The molecule has 0 amide bonds. The monoisotopic (exact) mass is 238 g/mol. The van der Waals surface area contributed by atoms with E-state index in [-0.39, 0.29) is 0 Å². The van der Waals surface area contributed by atoms with Crippen molar-refractivity contribution in [2.45, 2.75) is 52.2 Å². The Morgan fingerprint density at radius 3 is 2.35 bits per heavy atom. The van der Waals surface area contributed by atoms with Crippen LogP contribution in [0.25, 0.3) is 0 Å². The van der Waals surface area contributed by atoms with Gasteiger partial charge in [-0.3, -0.25) is 0 Å². The van der Waals surface area contributed by atoms with E-state index in [1.165, 1.54) is 6.33 Å². The summed E-state index contributed by atoms with van der Waals surface area (Å²) in [5.41, 5.74) is 5.29. The number of nitrogens with two attached hydrogens (primary N) is 1. The van der Waals surface area contributed by atoms with E-state index in [2.05, 4.69) is 15.3 Å². The van der Waals surface area contributed by atoms with Crippen LogP contribution in [0.1, 0.15) is 40.2 Å². The predicted molar refractivity (Wildman–Crippen MR) is 69.8 cm³/mol. The molecule has 0 fully saturated rings. The molecule has 0 saturated carbocycles. The summed E-state index contributed by atoms with van der Waals surface area (Å²) in [7, 11) is 0. The minimum atomic E-state index is -0.877. The minimum absolute atomic E-state index is 0.483. The molecule has 1 heterocycles. The third-order valence-electron chi connectivity index (χ3n) is 3.29. The standard InChI is InChI=1S/C12H22N4O/c1-6-8-9(13)14-7-15-10(8)16-11(2,3)12(4,5)17/h7,17H,6H2,1-5H3,(H3,13,14,15,16). The van der Waals surface area contributed by atoms with Crippen molar-refractivity contribution in [3.63, 3.8) is 0 Å². The maximum atomic E-state index is 10.1. The van der Waals surface area contributed by atoms with Crippen LogP contribution in [0.5, 0.6) is 0 Å².